The van der Waals surface area contributed by atoms with Gasteiger partial charge in [0.1, 0.15) is 5.82 Å². The monoisotopic (exact) mass is 392 g/mol. The highest BCUT2D eigenvalue weighted by atomic mass is 19.4. The van der Waals surface area contributed by atoms with Crippen molar-refractivity contribution in [2.24, 2.45) is 5.92 Å². The standard InChI is InChI=1S/C24H28F4/c1-2-3-17-4-9-19(10-5-17)21-13-12-20(23(25)16-21)11-6-18-7-14-22(15-8-18)24(26,27)28/h7-8,12-17,19H,2-6,9-11H2,1H3. The Hall–Kier alpha value is -1.84. The van der Waals surface area contributed by atoms with Crippen molar-refractivity contribution in [1.82, 2.24) is 0 Å². The second-order valence-electron chi connectivity index (χ2n) is 8.05. The molecule has 1 aliphatic carbocycles. The lowest BCUT2D eigenvalue weighted by molar-refractivity contribution is -0.137. The molecule has 4 heteroatoms. The van der Waals surface area contributed by atoms with Crippen molar-refractivity contribution in [3.8, 4) is 0 Å². The number of hydrogen-bond acceptors (Lipinski definition) is 0. The molecule has 3 rings (SSSR count). The van der Waals surface area contributed by atoms with Crippen molar-refractivity contribution < 1.29 is 17.6 Å². The zero-order valence-electron chi connectivity index (χ0n) is 16.4. The molecule has 0 N–H and O–H groups in total. The van der Waals surface area contributed by atoms with Crippen LogP contribution in [0.2, 0.25) is 0 Å². The lowest BCUT2D eigenvalue weighted by Gasteiger charge is -2.28. The van der Waals surface area contributed by atoms with Gasteiger partial charge in [0.15, 0.2) is 0 Å². The van der Waals surface area contributed by atoms with Crippen LogP contribution in [0.5, 0.6) is 0 Å². The van der Waals surface area contributed by atoms with Gasteiger partial charge in [0.05, 0.1) is 5.56 Å². The Kier molecular flexibility index (Phi) is 6.79. The Morgan fingerprint density at radius 2 is 1.57 bits per heavy atom. The van der Waals surface area contributed by atoms with Crippen LogP contribution in [-0.4, -0.2) is 0 Å². The number of rotatable bonds is 6. The average Bonchev–Trinajstić information content (AvgIpc) is 2.67. The molecule has 0 bridgehead atoms. The van der Waals surface area contributed by atoms with E-state index in [-0.39, 0.29) is 5.82 Å². The van der Waals surface area contributed by atoms with E-state index in [0.29, 0.717) is 24.3 Å². The highest BCUT2D eigenvalue weighted by molar-refractivity contribution is 5.29. The SMILES string of the molecule is CCCC1CCC(c2ccc(CCc3ccc(C(F)(F)F)cc3)c(F)c2)CC1. The summed E-state index contributed by atoms with van der Waals surface area (Å²) in [6, 6.07) is 10.7. The fourth-order valence-electron chi connectivity index (χ4n) is 4.35. The third-order valence-electron chi connectivity index (χ3n) is 6.06. The van der Waals surface area contributed by atoms with Gasteiger partial charge in [-0.3, -0.25) is 0 Å². The Labute approximate surface area is 165 Å². The van der Waals surface area contributed by atoms with Gasteiger partial charge in [0.25, 0.3) is 0 Å². The van der Waals surface area contributed by atoms with Crippen LogP contribution in [0.3, 0.4) is 0 Å². The van der Waals surface area contributed by atoms with Crippen LogP contribution in [0, 0.1) is 11.7 Å². The van der Waals surface area contributed by atoms with Gasteiger partial charge in [-0.05, 0) is 85.3 Å². The number of benzene rings is 2. The second-order valence-corrected chi connectivity index (χ2v) is 8.05. The van der Waals surface area contributed by atoms with Gasteiger partial charge < -0.3 is 0 Å². The van der Waals surface area contributed by atoms with Crippen LogP contribution in [0.15, 0.2) is 42.5 Å². The Bertz CT molecular complexity index is 753. The number of alkyl halides is 3. The summed E-state index contributed by atoms with van der Waals surface area (Å²) in [5, 5.41) is 0. The molecule has 0 aliphatic heterocycles. The molecule has 152 valence electrons. The third kappa shape index (κ3) is 5.36. The minimum absolute atomic E-state index is 0.194. The molecule has 0 aromatic heterocycles. The molecule has 2 aromatic rings. The largest absolute Gasteiger partial charge is 0.416 e. The number of aryl methyl sites for hydroxylation is 2. The van der Waals surface area contributed by atoms with E-state index in [2.05, 4.69) is 6.92 Å². The summed E-state index contributed by atoms with van der Waals surface area (Å²) in [4.78, 5) is 0. The maximum absolute atomic E-state index is 14.6. The summed E-state index contributed by atoms with van der Waals surface area (Å²) in [7, 11) is 0. The first kappa shape index (κ1) is 20.9. The topological polar surface area (TPSA) is 0 Å². The maximum Gasteiger partial charge on any atom is 0.416 e. The molecule has 1 saturated carbocycles. The Morgan fingerprint density at radius 3 is 2.14 bits per heavy atom. The molecule has 0 nitrogen and oxygen atoms in total. The Morgan fingerprint density at radius 1 is 0.893 bits per heavy atom. The maximum atomic E-state index is 14.6. The molecular formula is C24H28F4. The minimum Gasteiger partial charge on any atom is -0.207 e. The highest BCUT2D eigenvalue weighted by Crippen LogP contribution is 2.38. The molecule has 0 saturated heterocycles. The first-order valence-electron chi connectivity index (χ1n) is 10.3. The Balaban J connectivity index is 1.57. The van der Waals surface area contributed by atoms with E-state index in [1.54, 1.807) is 6.07 Å². The first-order chi connectivity index (χ1) is 13.4. The molecule has 0 spiro atoms. The van der Waals surface area contributed by atoms with Crippen molar-refractivity contribution in [3.05, 3.63) is 70.5 Å². The van der Waals surface area contributed by atoms with E-state index >= 15 is 0 Å². The van der Waals surface area contributed by atoms with Crippen LogP contribution < -0.4 is 0 Å². The smallest absolute Gasteiger partial charge is 0.207 e. The number of hydrogen-bond donors (Lipinski definition) is 0. The number of halogens is 4. The molecule has 1 aliphatic rings. The van der Waals surface area contributed by atoms with E-state index < -0.39 is 11.7 Å². The van der Waals surface area contributed by atoms with E-state index in [9.17, 15) is 17.6 Å². The summed E-state index contributed by atoms with van der Waals surface area (Å²) in [5.41, 5.74) is 1.85. The fraction of sp³-hybridized carbons (Fsp3) is 0.500. The van der Waals surface area contributed by atoms with Crippen LogP contribution >= 0.6 is 0 Å². The summed E-state index contributed by atoms with van der Waals surface area (Å²) < 4.78 is 52.5. The predicted molar refractivity (Wildman–Crippen MR) is 105 cm³/mol. The molecule has 0 heterocycles. The third-order valence-corrected chi connectivity index (χ3v) is 6.06. The van der Waals surface area contributed by atoms with Gasteiger partial charge in [0, 0.05) is 0 Å². The molecule has 0 amide bonds. The van der Waals surface area contributed by atoms with Gasteiger partial charge in [0.2, 0.25) is 0 Å². The zero-order chi connectivity index (χ0) is 20.1. The second kappa shape index (κ2) is 9.11. The molecule has 0 unspecified atom stereocenters. The summed E-state index contributed by atoms with van der Waals surface area (Å²) in [6.07, 6.45) is 3.95. The summed E-state index contributed by atoms with van der Waals surface area (Å²) in [5.74, 6) is 1.08. The van der Waals surface area contributed by atoms with Gasteiger partial charge >= 0.3 is 6.18 Å². The van der Waals surface area contributed by atoms with Crippen molar-refractivity contribution in [2.75, 3.05) is 0 Å². The van der Waals surface area contributed by atoms with Gasteiger partial charge in [-0.1, -0.05) is 44.0 Å². The predicted octanol–water partition coefficient (Wildman–Crippen LogP) is 7.70. The summed E-state index contributed by atoms with van der Waals surface area (Å²) >= 11 is 0. The van der Waals surface area contributed by atoms with Crippen molar-refractivity contribution in [2.45, 2.75) is 70.4 Å². The molecule has 0 atom stereocenters. The van der Waals surface area contributed by atoms with Gasteiger partial charge in [-0.15, -0.1) is 0 Å². The normalized spacial score (nSPS) is 20.3. The van der Waals surface area contributed by atoms with Crippen LogP contribution in [0.1, 0.15) is 73.6 Å². The van der Waals surface area contributed by atoms with E-state index in [0.717, 1.165) is 42.0 Å². The molecule has 1 fully saturated rings. The average molecular weight is 392 g/mol. The molecular weight excluding hydrogens is 364 g/mol. The molecule has 0 radical (unpaired) electrons. The first-order valence-corrected chi connectivity index (χ1v) is 10.3. The van der Waals surface area contributed by atoms with Crippen molar-refractivity contribution in [3.63, 3.8) is 0 Å². The van der Waals surface area contributed by atoms with Crippen molar-refractivity contribution in [1.29, 1.82) is 0 Å². The van der Waals surface area contributed by atoms with Gasteiger partial charge in [-0.25, -0.2) is 4.39 Å². The quantitative estimate of drug-likeness (QED) is 0.442. The zero-order valence-corrected chi connectivity index (χ0v) is 16.4. The van der Waals surface area contributed by atoms with Gasteiger partial charge in [-0.2, -0.15) is 13.2 Å². The minimum atomic E-state index is -4.32. The molecule has 2 aromatic carbocycles. The lowest BCUT2D eigenvalue weighted by Crippen LogP contribution is -2.13. The van der Waals surface area contributed by atoms with E-state index in [4.69, 9.17) is 0 Å². The fourth-order valence-corrected chi connectivity index (χ4v) is 4.35. The highest BCUT2D eigenvalue weighted by Gasteiger charge is 2.29. The van der Waals surface area contributed by atoms with Crippen molar-refractivity contribution >= 4 is 0 Å². The van der Waals surface area contributed by atoms with Crippen LogP contribution in [0.25, 0.3) is 0 Å². The lowest BCUT2D eigenvalue weighted by atomic mass is 9.77. The summed E-state index contributed by atoms with van der Waals surface area (Å²) in [6.45, 7) is 2.23. The van der Waals surface area contributed by atoms with E-state index in [1.165, 1.54) is 37.8 Å². The van der Waals surface area contributed by atoms with Crippen LogP contribution in [0.4, 0.5) is 17.6 Å². The molecule has 28 heavy (non-hydrogen) atoms. The van der Waals surface area contributed by atoms with Crippen LogP contribution in [-0.2, 0) is 19.0 Å². The van der Waals surface area contributed by atoms with E-state index in [1.807, 2.05) is 12.1 Å².